The number of amides is 1. The van der Waals surface area contributed by atoms with E-state index >= 15 is 0 Å². The lowest BCUT2D eigenvalue weighted by atomic mass is 10.2. The van der Waals surface area contributed by atoms with Gasteiger partial charge in [-0.3, -0.25) is 9.10 Å². The van der Waals surface area contributed by atoms with Crippen LogP contribution in [0.25, 0.3) is 0 Å². The zero-order valence-corrected chi connectivity index (χ0v) is 20.2. The number of rotatable bonds is 8. The highest BCUT2D eigenvalue weighted by molar-refractivity contribution is 7.92. The van der Waals surface area contributed by atoms with Gasteiger partial charge in [-0.05, 0) is 56.9 Å². The standard InChI is InChI=1S/C24H31N3O5S/c1-18-10-13-21(14-11-18)33(29,30)27(20-12-15-22(31-2)23(16-20)32-3)17-24(28)26-25-19-8-6-4-5-7-9-19/h10-16H,4-9,17H2,1-3H3,(H,26,28). The first-order valence-electron chi connectivity index (χ1n) is 11.0. The average Bonchev–Trinajstić information content (AvgIpc) is 3.10. The van der Waals surface area contributed by atoms with Gasteiger partial charge >= 0.3 is 0 Å². The molecule has 0 unspecified atom stereocenters. The molecule has 1 amide bonds. The molecule has 0 spiro atoms. The molecular weight excluding hydrogens is 442 g/mol. The Morgan fingerprint density at radius 3 is 2.21 bits per heavy atom. The summed E-state index contributed by atoms with van der Waals surface area (Å²) >= 11 is 0. The third-order valence-corrected chi connectivity index (χ3v) is 7.36. The summed E-state index contributed by atoms with van der Waals surface area (Å²) in [5.41, 5.74) is 4.71. The molecule has 1 aliphatic carbocycles. The highest BCUT2D eigenvalue weighted by Gasteiger charge is 2.28. The lowest BCUT2D eigenvalue weighted by Gasteiger charge is -2.24. The van der Waals surface area contributed by atoms with Gasteiger partial charge in [0.1, 0.15) is 6.54 Å². The number of aryl methyl sites for hydroxylation is 1. The van der Waals surface area contributed by atoms with E-state index < -0.39 is 22.5 Å². The molecule has 8 nitrogen and oxygen atoms in total. The van der Waals surface area contributed by atoms with Crippen LogP contribution in [-0.4, -0.2) is 40.8 Å². The predicted molar refractivity (Wildman–Crippen MR) is 129 cm³/mol. The second-order valence-electron chi connectivity index (χ2n) is 7.99. The van der Waals surface area contributed by atoms with Crippen LogP contribution in [0, 0.1) is 6.92 Å². The number of hydrogen-bond acceptors (Lipinski definition) is 6. The van der Waals surface area contributed by atoms with Crippen molar-refractivity contribution in [1.29, 1.82) is 0 Å². The van der Waals surface area contributed by atoms with Gasteiger partial charge in [0.2, 0.25) is 0 Å². The molecule has 1 fully saturated rings. The minimum absolute atomic E-state index is 0.0887. The Morgan fingerprint density at radius 2 is 1.61 bits per heavy atom. The van der Waals surface area contributed by atoms with E-state index in [0.717, 1.165) is 54.1 Å². The molecule has 0 aliphatic heterocycles. The average molecular weight is 474 g/mol. The van der Waals surface area contributed by atoms with E-state index in [9.17, 15) is 13.2 Å². The lowest BCUT2D eigenvalue weighted by molar-refractivity contribution is -0.119. The maximum absolute atomic E-state index is 13.5. The number of nitrogens with zero attached hydrogens (tertiary/aromatic N) is 2. The third-order valence-electron chi connectivity index (χ3n) is 5.57. The Balaban J connectivity index is 1.92. The van der Waals surface area contributed by atoms with Gasteiger partial charge < -0.3 is 9.47 Å². The molecule has 0 aromatic heterocycles. The fraction of sp³-hybridized carbons (Fsp3) is 0.417. The number of ether oxygens (including phenoxy) is 2. The molecular formula is C24H31N3O5S. The predicted octanol–water partition coefficient (Wildman–Crippen LogP) is 4.03. The summed E-state index contributed by atoms with van der Waals surface area (Å²) in [7, 11) is -1.07. The van der Waals surface area contributed by atoms with Crippen LogP contribution in [-0.2, 0) is 14.8 Å². The second-order valence-corrected chi connectivity index (χ2v) is 9.85. The van der Waals surface area contributed by atoms with Crippen molar-refractivity contribution in [2.24, 2.45) is 5.10 Å². The van der Waals surface area contributed by atoms with Crippen LogP contribution in [0.5, 0.6) is 11.5 Å². The summed E-state index contributed by atoms with van der Waals surface area (Å²) in [6.45, 7) is 1.45. The van der Waals surface area contributed by atoms with Crippen molar-refractivity contribution >= 4 is 27.3 Å². The topological polar surface area (TPSA) is 97.3 Å². The van der Waals surface area contributed by atoms with E-state index in [1.165, 1.54) is 32.4 Å². The van der Waals surface area contributed by atoms with Gasteiger partial charge in [0.05, 0.1) is 24.8 Å². The molecule has 1 aliphatic rings. The van der Waals surface area contributed by atoms with Gasteiger partial charge in [-0.15, -0.1) is 0 Å². The van der Waals surface area contributed by atoms with Gasteiger partial charge in [0.25, 0.3) is 15.9 Å². The highest BCUT2D eigenvalue weighted by Crippen LogP contribution is 2.33. The first-order chi connectivity index (χ1) is 15.8. The third kappa shape index (κ3) is 6.25. The molecule has 178 valence electrons. The van der Waals surface area contributed by atoms with Gasteiger partial charge in [-0.25, -0.2) is 13.8 Å². The number of carbonyl (C=O) groups excluding carboxylic acids is 1. The number of methoxy groups -OCH3 is 2. The first-order valence-corrected chi connectivity index (χ1v) is 12.4. The molecule has 0 bridgehead atoms. The van der Waals surface area contributed by atoms with E-state index in [-0.39, 0.29) is 10.6 Å². The maximum Gasteiger partial charge on any atom is 0.264 e. The SMILES string of the molecule is COc1ccc(N(CC(=O)NN=C2CCCCCC2)S(=O)(=O)c2ccc(C)cc2)cc1OC. The van der Waals surface area contributed by atoms with E-state index in [1.54, 1.807) is 24.3 Å². The summed E-state index contributed by atoms with van der Waals surface area (Å²) in [6.07, 6.45) is 6.12. The molecule has 1 saturated carbocycles. The Labute approximate surface area is 195 Å². The Morgan fingerprint density at radius 1 is 0.970 bits per heavy atom. The van der Waals surface area contributed by atoms with Crippen molar-refractivity contribution in [2.75, 3.05) is 25.1 Å². The molecule has 0 saturated heterocycles. The monoisotopic (exact) mass is 473 g/mol. The summed E-state index contributed by atoms with van der Waals surface area (Å²) in [4.78, 5) is 12.9. The van der Waals surface area contributed by atoms with Crippen LogP contribution in [0.4, 0.5) is 5.69 Å². The van der Waals surface area contributed by atoms with Gasteiger partial charge in [0, 0.05) is 11.8 Å². The first kappa shape index (κ1) is 24.6. The zero-order chi connectivity index (χ0) is 23.8. The summed E-state index contributed by atoms with van der Waals surface area (Å²) < 4.78 is 38.7. The molecule has 3 rings (SSSR count). The Bertz CT molecular complexity index is 1090. The fourth-order valence-electron chi connectivity index (χ4n) is 3.69. The van der Waals surface area contributed by atoms with Crippen molar-refractivity contribution in [3.8, 4) is 11.5 Å². The zero-order valence-electron chi connectivity index (χ0n) is 19.3. The van der Waals surface area contributed by atoms with Crippen molar-refractivity contribution in [3.05, 3.63) is 48.0 Å². The summed E-state index contributed by atoms with van der Waals surface area (Å²) in [6, 6.07) is 11.2. The van der Waals surface area contributed by atoms with Gasteiger partial charge in [-0.2, -0.15) is 5.10 Å². The minimum atomic E-state index is -4.03. The number of nitrogens with one attached hydrogen (secondary N) is 1. The summed E-state index contributed by atoms with van der Waals surface area (Å²) in [5.74, 6) is 0.300. The van der Waals surface area contributed by atoms with E-state index in [4.69, 9.17) is 9.47 Å². The van der Waals surface area contributed by atoms with Gasteiger partial charge in [-0.1, -0.05) is 30.5 Å². The Kier molecular flexibility index (Phi) is 8.32. The van der Waals surface area contributed by atoms with E-state index in [1.807, 2.05) is 6.92 Å². The molecule has 0 radical (unpaired) electrons. The molecule has 1 N–H and O–H groups in total. The fourth-order valence-corrected chi connectivity index (χ4v) is 5.10. The maximum atomic E-state index is 13.5. The largest absolute Gasteiger partial charge is 0.493 e. The molecule has 9 heteroatoms. The number of hydrazone groups is 1. The normalized spacial score (nSPS) is 14.2. The molecule has 33 heavy (non-hydrogen) atoms. The smallest absolute Gasteiger partial charge is 0.264 e. The van der Waals surface area contributed by atoms with Crippen molar-refractivity contribution in [2.45, 2.75) is 50.3 Å². The van der Waals surface area contributed by atoms with Crippen LogP contribution in [0.3, 0.4) is 0 Å². The quantitative estimate of drug-likeness (QED) is 0.461. The lowest BCUT2D eigenvalue weighted by Crippen LogP contribution is -2.39. The number of sulfonamides is 1. The van der Waals surface area contributed by atoms with Crippen LogP contribution < -0.4 is 19.2 Å². The minimum Gasteiger partial charge on any atom is -0.493 e. The molecule has 2 aromatic carbocycles. The Hall–Kier alpha value is -3.07. The van der Waals surface area contributed by atoms with Crippen LogP contribution in [0.15, 0.2) is 52.5 Å². The number of anilines is 1. The highest BCUT2D eigenvalue weighted by atomic mass is 32.2. The van der Waals surface area contributed by atoms with Crippen LogP contribution in [0.1, 0.15) is 44.1 Å². The molecule has 0 heterocycles. The number of hydrogen-bond donors (Lipinski definition) is 1. The van der Waals surface area contributed by atoms with Crippen molar-refractivity contribution in [1.82, 2.24) is 5.43 Å². The van der Waals surface area contributed by atoms with Gasteiger partial charge in [0.15, 0.2) is 11.5 Å². The van der Waals surface area contributed by atoms with Crippen LogP contribution >= 0.6 is 0 Å². The van der Waals surface area contributed by atoms with Crippen LogP contribution in [0.2, 0.25) is 0 Å². The number of carbonyl (C=O) groups is 1. The van der Waals surface area contributed by atoms with E-state index in [0.29, 0.717) is 11.5 Å². The van der Waals surface area contributed by atoms with Crippen molar-refractivity contribution in [3.63, 3.8) is 0 Å². The van der Waals surface area contributed by atoms with E-state index in [2.05, 4.69) is 10.5 Å². The summed E-state index contributed by atoms with van der Waals surface area (Å²) in [5, 5.41) is 4.27. The number of benzene rings is 2. The van der Waals surface area contributed by atoms with Crippen molar-refractivity contribution < 1.29 is 22.7 Å². The second kappa shape index (κ2) is 11.2. The molecule has 2 aromatic rings. The molecule has 0 atom stereocenters.